The van der Waals surface area contributed by atoms with Gasteiger partial charge in [-0.15, -0.1) is 0 Å². The van der Waals surface area contributed by atoms with E-state index in [1.165, 1.54) is 0 Å². The van der Waals surface area contributed by atoms with Crippen LogP contribution in [0.2, 0.25) is 0 Å². The lowest BCUT2D eigenvalue weighted by Gasteiger charge is -2.44. The quantitative estimate of drug-likeness (QED) is 0.371. The molecule has 6 nitrogen and oxygen atoms in total. The summed E-state index contributed by atoms with van der Waals surface area (Å²) < 4.78 is 63.6. The Labute approximate surface area is 234 Å². The summed E-state index contributed by atoms with van der Waals surface area (Å²) in [5, 5.41) is 11.8. The second-order valence-electron chi connectivity index (χ2n) is 13.4. The van der Waals surface area contributed by atoms with Gasteiger partial charge in [0.05, 0.1) is 6.10 Å². The van der Waals surface area contributed by atoms with Crippen LogP contribution in [0.1, 0.15) is 77.6 Å². The molecule has 0 aromatic carbocycles. The van der Waals surface area contributed by atoms with Crippen LogP contribution in [-0.4, -0.2) is 46.1 Å². The van der Waals surface area contributed by atoms with Crippen molar-refractivity contribution in [2.24, 2.45) is 48.5 Å². The Morgan fingerprint density at radius 1 is 1.02 bits per heavy atom. The van der Waals surface area contributed by atoms with Gasteiger partial charge in [-0.2, -0.15) is 8.78 Å². The number of carbonyl (C=O) groups is 1. The minimum absolute atomic E-state index is 0.000270. The molecule has 1 aromatic rings. The molecule has 4 aliphatic rings. The molecule has 4 saturated carbocycles. The zero-order chi connectivity index (χ0) is 28.6. The van der Waals surface area contributed by atoms with Gasteiger partial charge in [0.15, 0.2) is 0 Å². The van der Waals surface area contributed by atoms with E-state index < -0.39 is 25.1 Å². The summed E-state index contributed by atoms with van der Waals surface area (Å²) in [7, 11) is 1.82. The number of aromatic nitrogens is 2. The lowest BCUT2D eigenvalue weighted by molar-refractivity contribution is -0.196. The zero-order valence-electron chi connectivity index (χ0n) is 23.8. The van der Waals surface area contributed by atoms with Crippen LogP contribution >= 0.6 is 0 Å². The topological polar surface area (TPSA) is 72.0 Å². The van der Waals surface area contributed by atoms with Crippen LogP contribution in [0.15, 0.2) is 12.4 Å². The number of hydrogen-bond donors (Lipinski definition) is 2. The van der Waals surface area contributed by atoms with E-state index in [0.717, 1.165) is 32.1 Å². The van der Waals surface area contributed by atoms with Gasteiger partial charge in [0, 0.05) is 44.4 Å². The Kier molecular flexibility index (Phi) is 9.32. The Morgan fingerprint density at radius 2 is 1.77 bits per heavy atom. The van der Waals surface area contributed by atoms with E-state index >= 15 is 0 Å². The molecule has 9 unspecified atom stereocenters. The number of aryl methyl sites for hydroxylation is 1. The van der Waals surface area contributed by atoms with Crippen LogP contribution in [0.3, 0.4) is 0 Å². The predicted octanol–water partition coefficient (Wildman–Crippen LogP) is 5.75. The fourth-order valence-electron chi connectivity index (χ4n) is 8.16. The van der Waals surface area contributed by atoms with Crippen molar-refractivity contribution in [1.82, 2.24) is 14.5 Å². The van der Waals surface area contributed by atoms with Gasteiger partial charge in [-0.25, -0.2) is 8.78 Å². The molecule has 0 bridgehead atoms. The normalized spacial score (nSPS) is 37.8. The average molecular weight is 571 g/mol. The van der Waals surface area contributed by atoms with E-state index in [4.69, 9.17) is 10.1 Å². The summed E-state index contributed by atoms with van der Waals surface area (Å²) in [4.78, 5) is 13.9. The summed E-state index contributed by atoms with van der Waals surface area (Å²) in [6.07, 6.45) is 7.95. The Hall–Kier alpha value is -1.84. The van der Waals surface area contributed by atoms with Crippen LogP contribution in [0.5, 0.6) is 0 Å². The second-order valence-corrected chi connectivity index (χ2v) is 13.4. The molecular weight excluding hydrogens is 524 g/mol. The number of halogens is 4. The van der Waals surface area contributed by atoms with Crippen molar-refractivity contribution < 1.29 is 27.1 Å². The van der Waals surface area contributed by atoms with Gasteiger partial charge in [0.2, 0.25) is 11.5 Å². The van der Waals surface area contributed by atoms with E-state index in [2.05, 4.69) is 5.32 Å². The van der Waals surface area contributed by atoms with E-state index in [1.807, 2.05) is 30.9 Å². The average Bonchev–Trinajstić information content (AvgIpc) is 3.70. The molecule has 226 valence electrons. The lowest BCUT2D eigenvalue weighted by atomic mass is 9.65. The monoisotopic (exact) mass is 570 g/mol. The van der Waals surface area contributed by atoms with Gasteiger partial charge in [0.25, 0.3) is 0 Å². The van der Waals surface area contributed by atoms with Crippen molar-refractivity contribution in [3.05, 3.63) is 18.0 Å². The van der Waals surface area contributed by atoms with Crippen molar-refractivity contribution in [3.8, 4) is 0 Å². The summed E-state index contributed by atoms with van der Waals surface area (Å²) in [5.41, 5.74) is 0.367. The third-order valence-corrected chi connectivity index (χ3v) is 10.5. The van der Waals surface area contributed by atoms with Crippen molar-refractivity contribution in [1.29, 1.82) is 5.41 Å². The van der Waals surface area contributed by atoms with Crippen LogP contribution in [-0.2, 0) is 23.1 Å². The van der Waals surface area contributed by atoms with Crippen molar-refractivity contribution in [2.75, 3.05) is 0 Å². The molecule has 0 aliphatic heterocycles. The molecule has 2 N–H and O–H groups in total. The Bertz CT molecular complexity index is 1060. The lowest BCUT2D eigenvalue weighted by Crippen LogP contribution is -2.49. The number of amides is 1. The number of carbonyl (C=O) groups excluding carboxylic acids is 1. The zero-order valence-corrected chi connectivity index (χ0v) is 23.8. The maximum atomic E-state index is 14.3. The first-order chi connectivity index (χ1) is 19.1. The van der Waals surface area contributed by atoms with E-state index in [0.29, 0.717) is 50.2 Å². The molecule has 1 amide bonds. The molecule has 4 aliphatic carbocycles. The highest BCUT2D eigenvalue weighted by Gasteiger charge is 2.45. The summed E-state index contributed by atoms with van der Waals surface area (Å²) in [6, 6.07) is 0.0570. The molecule has 1 heterocycles. The first-order valence-corrected chi connectivity index (χ1v) is 15.4. The first kappa shape index (κ1) is 29.6. The van der Waals surface area contributed by atoms with Gasteiger partial charge >= 0.3 is 6.61 Å². The molecule has 0 radical (unpaired) electrons. The minimum Gasteiger partial charge on any atom is -0.353 e. The molecule has 1 aromatic heterocycles. The van der Waals surface area contributed by atoms with Gasteiger partial charge in [0.1, 0.15) is 12.3 Å². The highest BCUT2D eigenvalue weighted by atomic mass is 19.3. The maximum absolute atomic E-state index is 14.3. The standard InChI is InChI=1S/C30H46F4N4O2/c1-17-11-20(5-8-25(17)32)27(19-3-4-19)36-28(39)22-13-18(16-38-10-9-37(2)30(38)35)12-21(14-22)24-7-6-23(31)15-26(24)40-29(33)34/h9-10,17-27,29,35H,3-8,11-16H2,1-2H3,(H,36,39)/t17?,18?,20?,21?,22?,23?,24?,25?,26?,27-/m0/s1. The maximum Gasteiger partial charge on any atom is 0.345 e. The molecule has 4 fully saturated rings. The molecule has 5 rings (SSSR count). The molecule has 0 spiro atoms. The van der Waals surface area contributed by atoms with Crippen molar-refractivity contribution in [3.63, 3.8) is 0 Å². The van der Waals surface area contributed by atoms with Crippen LogP contribution < -0.4 is 10.9 Å². The number of ether oxygens (including phenoxy) is 1. The summed E-state index contributed by atoms with van der Waals surface area (Å²) in [5.74, 6) is 0.276. The van der Waals surface area contributed by atoms with Gasteiger partial charge in [-0.05, 0) is 99.7 Å². The minimum atomic E-state index is -2.96. The van der Waals surface area contributed by atoms with Gasteiger partial charge < -0.3 is 19.2 Å². The highest BCUT2D eigenvalue weighted by molar-refractivity contribution is 5.79. The molecule has 10 atom stereocenters. The van der Waals surface area contributed by atoms with E-state index in [9.17, 15) is 22.4 Å². The molecule has 10 heteroatoms. The number of rotatable bonds is 9. The number of imidazole rings is 1. The molecule has 0 saturated heterocycles. The molecular formula is C30H46F4N4O2. The SMILES string of the molecule is CC1CC([C@@H](NC(=O)C2CC(Cn3ccn(C)c3=N)CC(C3CCC(F)CC3OC(F)F)C2)C2CC2)CCC1F. The van der Waals surface area contributed by atoms with Crippen molar-refractivity contribution in [2.45, 2.75) is 115 Å². The smallest absolute Gasteiger partial charge is 0.345 e. The summed E-state index contributed by atoms with van der Waals surface area (Å²) >= 11 is 0. The van der Waals surface area contributed by atoms with E-state index in [-0.39, 0.29) is 53.9 Å². The van der Waals surface area contributed by atoms with Crippen LogP contribution in [0, 0.1) is 46.8 Å². The van der Waals surface area contributed by atoms with Crippen molar-refractivity contribution >= 4 is 5.91 Å². The molecule has 40 heavy (non-hydrogen) atoms. The Morgan fingerprint density at radius 3 is 2.42 bits per heavy atom. The number of hydrogen-bond acceptors (Lipinski definition) is 3. The number of nitrogens with zero attached hydrogens (tertiary/aromatic N) is 2. The van der Waals surface area contributed by atoms with Gasteiger partial charge in [-0.3, -0.25) is 10.2 Å². The number of nitrogens with one attached hydrogen (secondary N) is 2. The predicted molar refractivity (Wildman–Crippen MR) is 143 cm³/mol. The third kappa shape index (κ3) is 6.96. The Balaban J connectivity index is 1.33. The fraction of sp³-hybridized carbons (Fsp3) is 0.867. The summed E-state index contributed by atoms with van der Waals surface area (Å²) in [6.45, 7) is -0.420. The van der Waals surface area contributed by atoms with Gasteiger partial charge in [-0.1, -0.05) is 6.92 Å². The second kappa shape index (κ2) is 12.6. The highest BCUT2D eigenvalue weighted by Crippen LogP contribution is 2.46. The van der Waals surface area contributed by atoms with Crippen LogP contribution in [0.4, 0.5) is 17.6 Å². The number of alkyl halides is 4. The first-order valence-electron chi connectivity index (χ1n) is 15.4. The fourth-order valence-corrected chi connectivity index (χ4v) is 8.16. The van der Waals surface area contributed by atoms with E-state index in [1.54, 1.807) is 4.57 Å². The third-order valence-electron chi connectivity index (χ3n) is 10.5. The largest absolute Gasteiger partial charge is 0.353 e. The van der Waals surface area contributed by atoms with Crippen LogP contribution in [0.25, 0.3) is 0 Å².